The zero-order valence-electron chi connectivity index (χ0n) is 12.7. The minimum absolute atomic E-state index is 0.0907. The molecule has 0 aliphatic heterocycles. The van der Waals surface area contributed by atoms with E-state index < -0.39 is 10.9 Å². The van der Waals surface area contributed by atoms with Gasteiger partial charge in [-0.3, -0.25) is 15.5 Å². The summed E-state index contributed by atoms with van der Waals surface area (Å²) in [5.74, 6) is 0.456. The van der Waals surface area contributed by atoms with E-state index in [1.807, 2.05) is 0 Å². The van der Waals surface area contributed by atoms with Crippen LogP contribution in [0.25, 0.3) is 0 Å². The molecule has 1 aromatic carbocycles. The van der Waals surface area contributed by atoms with Crippen molar-refractivity contribution in [2.24, 2.45) is 5.10 Å². The molecule has 124 valence electrons. The van der Waals surface area contributed by atoms with E-state index in [-0.39, 0.29) is 12.3 Å². The molecule has 0 saturated heterocycles. The van der Waals surface area contributed by atoms with Gasteiger partial charge in [0.05, 0.1) is 18.2 Å². The normalized spacial score (nSPS) is 10.4. The van der Waals surface area contributed by atoms with Crippen molar-refractivity contribution in [3.8, 4) is 5.75 Å². The molecule has 0 fully saturated rings. The summed E-state index contributed by atoms with van der Waals surface area (Å²) in [7, 11) is 1.29. The molecule has 2 rings (SSSR count). The summed E-state index contributed by atoms with van der Waals surface area (Å²) in [5.41, 5.74) is 3.36. The molecule has 1 aromatic heterocycles. The van der Waals surface area contributed by atoms with Gasteiger partial charge in [-0.25, -0.2) is 9.78 Å². The number of carbonyl (C=O) groups is 1. The summed E-state index contributed by atoms with van der Waals surface area (Å²) >= 11 is 0. The lowest BCUT2D eigenvalue weighted by atomic mass is 10.2. The monoisotopic (exact) mass is 330 g/mol. The minimum Gasteiger partial charge on any atom is -0.482 e. The second-order valence-corrected chi connectivity index (χ2v) is 4.46. The predicted molar refractivity (Wildman–Crippen MR) is 86.1 cm³/mol. The number of esters is 1. The predicted octanol–water partition coefficient (Wildman–Crippen LogP) is 1.99. The summed E-state index contributed by atoms with van der Waals surface area (Å²) in [6, 6.07) is 9.67. The highest BCUT2D eigenvalue weighted by Crippen LogP contribution is 2.13. The number of hydrazone groups is 1. The first-order chi connectivity index (χ1) is 11.6. The summed E-state index contributed by atoms with van der Waals surface area (Å²) in [6.45, 7) is -0.155. The van der Waals surface area contributed by atoms with Gasteiger partial charge in [0, 0.05) is 6.07 Å². The maximum atomic E-state index is 11.0. The van der Waals surface area contributed by atoms with E-state index in [9.17, 15) is 14.9 Å². The van der Waals surface area contributed by atoms with Crippen LogP contribution in [0.15, 0.2) is 47.7 Å². The number of carbonyl (C=O) groups excluding carboxylic acids is 1. The molecule has 0 aliphatic carbocycles. The second-order valence-electron chi connectivity index (χ2n) is 4.46. The lowest BCUT2D eigenvalue weighted by Gasteiger charge is -2.04. The molecule has 2 aromatic rings. The Kier molecular flexibility index (Phi) is 5.78. The van der Waals surface area contributed by atoms with Crippen LogP contribution in [0.2, 0.25) is 0 Å². The number of pyridine rings is 1. The molecule has 24 heavy (non-hydrogen) atoms. The third kappa shape index (κ3) is 5.05. The van der Waals surface area contributed by atoms with Crippen LogP contribution in [0.5, 0.6) is 5.75 Å². The zero-order chi connectivity index (χ0) is 17.4. The molecule has 0 aliphatic rings. The summed E-state index contributed by atoms with van der Waals surface area (Å²) in [6.07, 6.45) is 2.69. The Bertz CT molecular complexity index is 729. The van der Waals surface area contributed by atoms with Gasteiger partial charge in [-0.15, -0.1) is 0 Å². The Hall–Kier alpha value is -3.49. The van der Waals surface area contributed by atoms with Gasteiger partial charge in [0.1, 0.15) is 17.8 Å². The minimum atomic E-state index is -0.524. The number of nitrogens with zero attached hydrogens (tertiary/aromatic N) is 3. The van der Waals surface area contributed by atoms with Crippen molar-refractivity contribution in [3.63, 3.8) is 0 Å². The largest absolute Gasteiger partial charge is 0.482 e. The quantitative estimate of drug-likeness (QED) is 0.357. The molecule has 1 N–H and O–H groups in total. The fourth-order valence-electron chi connectivity index (χ4n) is 1.58. The van der Waals surface area contributed by atoms with Crippen molar-refractivity contribution in [2.45, 2.75) is 0 Å². The summed E-state index contributed by atoms with van der Waals surface area (Å²) in [5, 5.41) is 14.5. The summed E-state index contributed by atoms with van der Waals surface area (Å²) in [4.78, 5) is 24.8. The van der Waals surface area contributed by atoms with Gasteiger partial charge in [-0.05, 0) is 35.9 Å². The molecule has 0 saturated carbocycles. The number of anilines is 1. The average molecular weight is 330 g/mol. The van der Waals surface area contributed by atoms with Crippen LogP contribution >= 0.6 is 0 Å². The van der Waals surface area contributed by atoms with E-state index >= 15 is 0 Å². The maximum Gasteiger partial charge on any atom is 0.343 e. The van der Waals surface area contributed by atoms with Crippen LogP contribution in [0.4, 0.5) is 11.5 Å². The zero-order valence-corrected chi connectivity index (χ0v) is 12.7. The van der Waals surface area contributed by atoms with Gasteiger partial charge in [0.15, 0.2) is 6.61 Å². The van der Waals surface area contributed by atoms with Crippen LogP contribution in [0, 0.1) is 10.1 Å². The SMILES string of the molecule is COC(=O)COc1ccc(/C=N/Nc2ccc([N+](=O)[O-])cn2)cc1. The third-order valence-electron chi connectivity index (χ3n) is 2.82. The standard InChI is InChI=1S/C15H14N4O5/c1-23-15(20)10-24-13-5-2-11(3-6-13)8-17-18-14-7-4-12(9-16-14)19(21)22/h2-9H,10H2,1H3,(H,16,18)/b17-8+. The van der Waals surface area contributed by atoms with Gasteiger partial charge in [0.2, 0.25) is 0 Å². The van der Waals surface area contributed by atoms with E-state index in [4.69, 9.17) is 4.74 Å². The molecule has 0 unspecified atom stereocenters. The molecular weight excluding hydrogens is 316 g/mol. The van der Waals surface area contributed by atoms with Crippen molar-refractivity contribution >= 4 is 23.7 Å². The molecular formula is C15H14N4O5. The van der Waals surface area contributed by atoms with Crippen LogP contribution in [-0.4, -0.2) is 35.8 Å². The lowest BCUT2D eigenvalue weighted by molar-refractivity contribution is -0.385. The fraction of sp³-hybridized carbons (Fsp3) is 0.133. The molecule has 9 nitrogen and oxygen atoms in total. The Morgan fingerprint density at radius 1 is 1.33 bits per heavy atom. The molecule has 0 radical (unpaired) electrons. The highest BCUT2D eigenvalue weighted by atomic mass is 16.6. The number of aromatic nitrogens is 1. The Morgan fingerprint density at radius 2 is 2.08 bits per heavy atom. The first kappa shape index (κ1) is 16.9. The average Bonchev–Trinajstić information content (AvgIpc) is 2.61. The van der Waals surface area contributed by atoms with Gasteiger partial charge in [-0.1, -0.05) is 0 Å². The first-order valence-electron chi connectivity index (χ1n) is 6.77. The third-order valence-corrected chi connectivity index (χ3v) is 2.82. The van der Waals surface area contributed by atoms with E-state index in [2.05, 4.69) is 20.2 Å². The van der Waals surface area contributed by atoms with Crippen molar-refractivity contribution in [1.82, 2.24) is 4.98 Å². The molecule has 0 bridgehead atoms. The van der Waals surface area contributed by atoms with E-state index in [0.717, 1.165) is 11.8 Å². The number of nitrogens with one attached hydrogen (secondary N) is 1. The number of hydrogen-bond donors (Lipinski definition) is 1. The first-order valence-corrected chi connectivity index (χ1v) is 6.77. The van der Waals surface area contributed by atoms with Gasteiger partial charge < -0.3 is 9.47 Å². The Balaban J connectivity index is 1.87. The van der Waals surface area contributed by atoms with Gasteiger partial charge >= 0.3 is 5.97 Å². The van der Waals surface area contributed by atoms with Gasteiger partial charge in [-0.2, -0.15) is 5.10 Å². The smallest absolute Gasteiger partial charge is 0.343 e. The van der Waals surface area contributed by atoms with Crippen LogP contribution in [0.1, 0.15) is 5.56 Å². The highest BCUT2D eigenvalue weighted by molar-refractivity contribution is 5.80. The Labute approximate surface area is 137 Å². The van der Waals surface area contributed by atoms with Crippen molar-refractivity contribution in [1.29, 1.82) is 0 Å². The number of methoxy groups -OCH3 is 1. The lowest BCUT2D eigenvalue weighted by Crippen LogP contribution is -2.12. The van der Waals surface area contributed by atoms with E-state index in [1.54, 1.807) is 30.5 Å². The number of nitro groups is 1. The van der Waals surface area contributed by atoms with Crippen LogP contribution in [0.3, 0.4) is 0 Å². The van der Waals surface area contributed by atoms with Crippen LogP contribution in [-0.2, 0) is 9.53 Å². The molecule has 0 atom stereocenters. The molecule has 0 amide bonds. The topological polar surface area (TPSA) is 116 Å². The van der Waals surface area contributed by atoms with Crippen molar-refractivity contribution < 1.29 is 19.2 Å². The molecule has 0 spiro atoms. The maximum absolute atomic E-state index is 11.0. The van der Waals surface area contributed by atoms with E-state index in [1.165, 1.54) is 19.2 Å². The Morgan fingerprint density at radius 3 is 2.67 bits per heavy atom. The highest BCUT2D eigenvalue weighted by Gasteiger charge is 2.04. The second kappa shape index (κ2) is 8.22. The fourth-order valence-corrected chi connectivity index (χ4v) is 1.58. The molecule has 9 heteroatoms. The van der Waals surface area contributed by atoms with Crippen molar-refractivity contribution in [2.75, 3.05) is 19.1 Å². The summed E-state index contributed by atoms with van der Waals surface area (Å²) < 4.78 is 9.69. The van der Waals surface area contributed by atoms with Crippen molar-refractivity contribution in [3.05, 3.63) is 58.3 Å². The number of benzene rings is 1. The number of ether oxygens (including phenoxy) is 2. The van der Waals surface area contributed by atoms with E-state index in [0.29, 0.717) is 11.6 Å². The number of rotatable bonds is 7. The van der Waals surface area contributed by atoms with Gasteiger partial charge in [0.25, 0.3) is 5.69 Å². The molecule has 1 heterocycles. The number of hydrogen-bond acceptors (Lipinski definition) is 8. The van der Waals surface area contributed by atoms with Crippen LogP contribution < -0.4 is 10.2 Å².